The first-order valence-corrected chi connectivity index (χ1v) is 7.89. The van der Waals surface area contributed by atoms with Gasteiger partial charge in [0, 0.05) is 6.42 Å². The smallest absolute Gasteiger partial charge is 0.327 e. The lowest BCUT2D eigenvalue weighted by Gasteiger charge is -2.24. The molecular weight excluding hydrogens is 343 g/mol. The van der Waals surface area contributed by atoms with Crippen LogP contribution in [0.3, 0.4) is 0 Å². The van der Waals surface area contributed by atoms with Gasteiger partial charge in [0.2, 0.25) is 0 Å². The number of esters is 1. The Bertz CT molecular complexity index is 568. The molecule has 3 amide bonds. The average Bonchev–Trinajstić information content (AvgIpc) is 2.78. The zero-order valence-corrected chi connectivity index (χ0v) is 14.4. The van der Waals surface area contributed by atoms with Crippen molar-refractivity contribution in [1.82, 2.24) is 10.2 Å². The fraction of sp³-hybridized carbons (Fsp3) is 0.533. The molecule has 3 atom stereocenters. The number of hydrogen-bond acceptors (Lipinski definition) is 4. The summed E-state index contributed by atoms with van der Waals surface area (Å²) in [6.07, 6.45) is 2.25. The first-order valence-electron chi connectivity index (χ1n) is 7.14. The first kappa shape index (κ1) is 17.8. The highest BCUT2D eigenvalue weighted by Gasteiger charge is 2.62. The van der Waals surface area contributed by atoms with Gasteiger partial charge in [0.25, 0.3) is 5.91 Å². The second kappa shape index (κ2) is 6.53. The number of imide groups is 1. The molecule has 1 aliphatic carbocycles. The molecule has 1 N–H and O–H groups in total. The van der Waals surface area contributed by atoms with Crippen molar-refractivity contribution < 1.29 is 19.1 Å². The van der Waals surface area contributed by atoms with Gasteiger partial charge in [-0.05, 0) is 17.4 Å². The molecule has 1 saturated carbocycles. The predicted octanol–water partition coefficient (Wildman–Crippen LogP) is 2.57. The third kappa shape index (κ3) is 3.53. The van der Waals surface area contributed by atoms with E-state index in [2.05, 4.69) is 11.9 Å². The maximum atomic E-state index is 12.4. The number of halogens is 2. The van der Waals surface area contributed by atoms with E-state index in [0.717, 1.165) is 4.90 Å². The molecule has 2 fully saturated rings. The highest BCUT2D eigenvalue weighted by molar-refractivity contribution is 6.55. The summed E-state index contributed by atoms with van der Waals surface area (Å²) in [5, 5.41) is 2.39. The summed E-state index contributed by atoms with van der Waals surface area (Å²) in [5.74, 6) is -1.51. The summed E-state index contributed by atoms with van der Waals surface area (Å²) in [5.41, 5.74) is -0.345. The van der Waals surface area contributed by atoms with Gasteiger partial charge in [-0.3, -0.25) is 9.59 Å². The maximum absolute atomic E-state index is 12.4. The second-order valence-electron chi connectivity index (χ2n) is 6.12. The Balaban J connectivity index is 2.10. The van der Waals surface area contributed by atoms with Gasteiger partial charge in [0.1, 0.15) is 4.49 Å². The van der Waals surface area contributed by atoms with Crippen molar-refractivity contribution in [1.29, 1.82) is 0 Å². The summed E-state index contributed by atoms with van der Waals surface area (Å²) in [7, 11) is 0. The van der Waals surface area contributed by atoms with Crippen molar-refractivity contribution in [3.05, 3.63) is 23.2 Å². The van der Waals surface area contributed by atoms with Crippen molar-refractivity contribution in [2.45, 2.75) is 26.5 Å². The van der Waals surface area contributed by atoms with E-state index in [-0.39, 0.29) is 28.8 Å². The Morgan fingerprint density at radius 2 is 2.17 bits per heavy atom. The number of ether oxygens (including phenoxy) is 1. The number of nitrogens with one attached hydrogen (secondary N) is 1. The Kier molecular flexibility index (Phi) is 5.06. The SMILES string of the molecule is C=CCC(OC(=O)C1C(C=C(Cl)Cl)C1(C)C)N1C(=O)CNC1=O. The average molecular weight is 361 g/mol. The number of nitrogens with zero attached hydrogens (tertiary/aromatic N) is 1. The Morgan fingerprint density at radius 1 is 1.52 bits per heavy atom. The zero-order valence-electron chi connectivity index (χ0n) is 12.8. The van der Waals surface area contributed by atoms with Crippen LogP contribution in [0.25, 0.3) is 0 Å². The van der Waals surface area contributed by atoms with Crippen molar-refractivity contribution in [2.24, 2.45) is 17.3 Å². The van der Waals surface area contributed by atoms with E-state index in [0.29, 0.717) is 0 Å². The quantitative estimate of drug-likeness (QED) is 0.448. The van der Waals surface area contributed by atoms with Gasteiger partial charge in [-0.25, -0.2) is 9.69 Å². The van der Waals surface area contributed by atoms with E-state index in [1.54, 1.807) is 6.08 Å². The molecule has 8 heteroatoms. The molecule has 1 saturated heterocycles. The van der Waals surface area contributed by atoms with Gasteiger partial charge >= 0.3 is 12.0 Å². The monoisotopic (exact) mass is 360 g/mol. The lowest BCUT2D eigenvalue weighted by molar-refractivity contribution is -0.161. The minimum absolute atomic E-state index is 0.0927. The lowest BCUT2D eigenvalue weighted by atomic mass is 10.1. The van der Waals surface area contributed by atoms with Crippen LogP contribution in [0.2, 0.25) is 0 Å². The van der Waals surface area contributed by atoms with Crippen LogP contribution < -0.4 is 5.32 Å². The van der Waals surface area contributed by atoms with Crippen LogP contribution in [0.1, 0.15) is 20.3 Å². The Hall–Kier alpha value is -1.53. The van der Waals surface area contributed by atoms with Crippen LogP contribution in [-0.4, -0.2) is 35.6 Å². The molecule has 23 heavy (non-hydrogen) atoms. The van der Waals surface area contributed by atoms with Crippen LogP contribution in [0.15, 0.2) is 23.2 Å². The number of allylic oxidation sites excluding steroid dienone is 1. The standard InChI is InChI=1S/C15H18Cl2N2O4/c1-4-5-11(19-10(20)7-18-14(19)22)23-13(21)12-8(6-9(16)17)15(12,2)3/h4,6,8,11-12H,1,5,7H2,2-3H3,(H,18,22). The van der Waals surface area contributed by atoms with Gasteiger partial charge in [-0.2, -0.15) is 0 Å². The van der Waals surface area contributed by atoms with Crippen LogP contribution in [0.5, 0.6) is 0 Å². The van der Waals surface area contributed by atoms with Crippen molar-refractivity contribution >= 4 is 41.1 Å². The van der Waals surface area contributed by atoms with E-state index in [1.165, 1.54) is 6.08 Å². The van der Waals surface area contributed by atoms with Crippen LogP contribution in [0, 0.1) is 17.3 Å². The van der Waals surface area contributed by atoms with Gasteiger partial charge in [-0.15, -0.1) is 6.58 Å². The van der Waals surface area contributed by atoms with E-state index < -0.39 is 30.1 Å². The van der Waals surface area contributed by atoms with E-state index in [4.69, 9.17) is 27.9 Å². The summed E-state index contributed by atoms with van der Waals surface area (Å²) in [4.78, 5) is 36.8. The number of carbonyl (C=O) groups is 3. The molecule has 0 radical (unpaired) electrons. The fourth-order valence-corrected chi connectivity index (χ4v) is 3.13. The number of hydrogen-bond donors (Lipinski definition) is 1. The third-order valence-corrected chi connectivity index (χ3v) is 4.51. The Morgan fingerprint density at radius 3 is 2.65 bits per heavy atom. The van der Waals surface area contributed by atoms with E-state index in [1.807, 2.05) is 13.8 Å². The number of urea groups is 1. The maximum Gasteiger partial charge on any atom is 0.327 e. The molecule has 2 aliphatic rings. The van der Waals surface area contributed by atoms with Gasteiger partial charge in [-0.1, -0.05) is 43.1 Å². The summed E-state index contributed by atoms with van der Waals surface area (Å²) in [6.45, 7) is 7.25. The fourth-order valence-electron chi connectivity index (χ4n) is 2.86. The van der Waals surface area contributed by atoms with Crippen molar-refractivity contribution in [3.63, 3.8) is 0 Å². The van der Waals surface area contributed by atoms with Crippen LogP contribution in [0.4, 0.5) is 4.79 Å². The molecule has 126 valence electrons. The highest BCUT2D eigenvalue weighted by atomic mass is 35.5. The summed E-state index contributed by atoms with van der Waals surface area (Å²) < 4.78 is 5.50. The first-order chi connectivity index (χ1) is 10.7. The molecule has 0 spiro atoms. The molecule has 6 nitrogen and oxygen atoms in total. The molecule has 0 aromatic rings. The van der Waals surface area contributed by atoms with Crippen molar-refractivity contribution in [3.8, 4) is 0 Å². The Labute approximate surface area is 144 Å². The minimum Gasteiger partial charge on any atom is -0.440 e. The van der Waals surface area contributed by atoms with Gasteiger partial charge in [0.15, 0.2) is 6.23 Å². The molecule has 0 bridgehead atoms. The van der Waals surface area contributed by atoms with Gasteiger partial charge in [0.05, 0.1) is 12.5 Å². The van der Waals surface area contributed by atoms with Crippen molar-refractivity contribution in [2.75, 3.05) is 6.54 Å². The van der Waals surface area contributed by atoms with Gasteiger partial charge < -0.3 is 10.1 Å². The van der Waals surface area contributed by atoms with E-state index >= 15 is 0 Å². The molecule has 2 rings (SSSR count). The predicted molar refractivity (Wildman–Crippen MR) is 85.5 cm³/mol. The summed E-state index contributed by atoms with van der Waals surface area (Å²) in [6, 6.07) is -0.579. The van der Waals surface area contributed by atoms with Crippen LogP contribution >= 0.6 is 23.2 Å². The molecule has 0 aromatic heterocycles. The normalized spacial score (nSPS) is 26.3. The second-order valence-corrected chi connectivity index (χ2v) is 7.13. The topological polar surface area (TPSA) is 75.7 Å². The molecular formula is C15H18Cl2N2O4. The van der Waals surface area contributed by atoms with Crippen LogP contribution in [-0.2, 0) is 14.3 Å². The highest BCUT2D eigenvalue weighted by Crippen LogP contribution is 2.60. The molecule has 3 unspecified atom stereocenters. The molecule has 1 aliphatic heterocycles. The zero-order chi connectivity index (χ0) is 17.4. The number of amides is 3. The minimum atomic E-state index is -0.998. The van der Waals surface area contributed by atoms with E-state index in [9.17, 15) is 14.4 Å². The third-order valence-electron chi connectivity index (χ3n) is 4.26. The number of carbonyl (C=O) groups excluding carboxylic acids is 3. The molecule has 1 heterocycles. The lowest BCUT2D eigenvalue weighted by Crippen LogP contribution is -2.43. The molecule has 0 aromatic carbocycles. The number of rotatable bonds is 6. The largest absolute Gasteiger partial charge is 0.440 e. The summed E-state index contributed by atoms with van der Waals surface area (Å²) >= 11 is 11.3.